The molecule has 1 amide bonds. The van der Waals surface area contributed by atoms with E-state index in [2.05, 4.69) is 4.90 Å². The van der Waals surface area contributed by atoms with Crippen LogP contribution < -0.4 is 0 Å². The first-order valence-corrected chi connectivity index (χ1v) is 11.4. The standard InChI is InChI=1S/C25H28F4N2O2/c26-21-10-8-19(9-11-21)24(32)31(22-6-1-2-7-22)17-23-16-30(12-13-33-23)15-18-4-3-5-20(14-18)25(27,28)29/h3-5,8-11,14,22-23H,1-2,6-7,12-13,15-17H2. The quantitative estimate of drug-likeness (QED) is 0.556. The van der Waals surface area contributed by atoms with Crippen molar-refractivity contribution < 1.29 is 27.1 Å². The molecule has 1 saturated heterocycles. The number of halogens is 4. The van der Waals surface area contributed by atoms with Gasteiger partial charge in [-0.15, -0.1) is 0 Å². The van der Waals surface area contributed by atoms with Gasteiger partial charge in [-0.3, -0.25) is 9.69 Å². The summed E-state index contributed by atoms with van der Waals surface area (Å²) in [5, 5.41) is 0. The van der Waals surface area contributed by atoms with Crippen molar-refractivity contribution in [3.05, 3.63) is 71.0 Å². The molecule has 4 rings (SSSR count). The number of amides is 1. The number of morpholine rings is 1. The highest BCUT2D eigenvalue weighted by Crippen LogP contribution is 2.30. The molecule has 2 aromatic carbocycles. The number of rotatable bonds is 6. The summed E-state index contributed by atoms with van der Waals surface area (Å²) in [6.07, 6.45) is -0.641. The fraction of sp³-hybridized carbons (Fsp3) is 0.480. The zero-order valence-electron chi connectivity index (χ0n) is 18.4. The molecule has 2 aliphatic rings. The third-order valence-electron chi connectivity index (χ3n) is 6.40. The molecule has 1 heterocycles. The van der Waals surface area contributed by atoms with E-state index in [9.17, 15) is 22.4 Å². The Balaban J connectivity index is 1.43. The predicted molar refractivity (Wildman–Crippen MR) is 116 cm³/mol. The first-order chi connectivity index (χ1) is 15.8. The average Bonchev–Trinajstić information content (AvgIpc) is 3.32. The molecule has 4 nitrogen and oxygen atoms in total. The topological polar surface area (TPSA) is 32.8 Å². The van der Waals surface area contributed by atoms with Crippen LogP contribution in [0.3, 0.4) is 0 Å². The van der Waals surface area contributed by atoms with Gasteiger partial charge in [-0.2, -0.15) is 13.2 Å². The molecule has 1 unspecified atom stereocenters. The lowest BCUT2D eigenvalue weighted by Gasteiger charge is -2.38. The lowest BCUT2D eigenvalue weighted by Crippen LogP contribution is -2.50. The van der Waals surface area contributed by atoms with Gasteiger partial charge < -0.3 is 9.64 Å². The minimum absolute atomic E-state index is 0.116. The van der Waals surface area contributed by atoms with Crippen LogP contribution in [0.4, 0.5) is 17.6 Å². The molecule has 178 valence electrons. The molecule has 0 radical (unpaired) electrons. The number of benzene rings is 2. The minimum Gasteiger partial charge on any atom is -0.374 e. The molecular weight excluding hydrogens is 436 g/mol. The van der Waals surface area contributed by atoms with Crippen LogP contribution in [0.2, 0.25) is 0 Å². The van der Waals surface area contributed by atoms with Crippen molar-refractivity contribution in [3.63, 3.8) is 0 Å². The number of carbonyl (C=O) groups excluding carboxylic acids is 1. The van der Waals surface area contributed by atoms with E-state index in [1.54, 1.807) is 6.07 Å². The van der Waals surface area contributed by atoms with E-state index >= 15 is 0 Å². The Kier molecular flexibility index (Phi) is 7.34. The number of alkyl halides is 3. The summed E-state index contributed by atoms with van der Waals surface area (Å²) in [5.41, 5.74) is 0.391. The van der Waals surface area contributed by atoms with Crippen molar-refractivity contribution in [1.82, 2.24) is 9.80 Å². The largest absolute Gasteiger partial charge is 0.416 e. The van der Waals surface area contributed by atoms with E-state index in [0.717, 1.165) is 31.7 Å². The van der Waals surface area contributed by atoms with E-state index in [1.165, 1.54) is 36.4 Å². The summed E-state index contributed by atoms with van der Waals surface area (Å²) in [7, 11) is 0. The van der Waals surface area contributed by atoms with Crippen molar-refractivity contribution in [1.29, 1.82) is 0 Å². The number of hydrogen-bond donors (Lipinski definition) is 0. The van der Waals surface area contributed by atoms with Gasteiger partial charge in [0.15, 0.2) is 0 Å². The second-order valence-corrected chi connectivity index (χ2v) is 8.83. The van der Waals surface area contributed by atoms with Gasteiger partial charge in [0.25, 0.3) is 5.91 Å². The summed E-state index contributed by atoms with van der Waals surface area (Å²) in [4.78, 5) is 17.2. The van der Waals surface area contributed by atoms with Gasteiger partial charge in [0.2, 0.25) is 0 Å². The smallest absolute Gasteiger partial charge is 0.374 e. The molecule has 1 saturated carbocycles. The SMILES string of the molecule is O=C(c1ccc(F)cc1)N(CC1CN(Cc2cccc(C(F)(F)F)c2)CCO1)C1CCCC1. The molecule has 8 heteroatoms. The monoisotopic (exact) mass is 464 g/mol. The molecule has 1 aliphatic heterocycles. The van der Waals surface area contributed by atoms with Gasteiger partial charge in [-0.1, -0.05) is 31.0 Å². The van der Waals surface area contributed by atoms with E-state index < -0.39 is 11.7 Å². The van der Waals surface area contributed by atoms with Crippen molar-refractivity contribution in [2.45, 2.75) is 50.6 Å². The van der Waals surface area contributed by atoms with E-state index in [4.69, 9.17) is 4.74 Å². The normalized spacial score (nSPS) is 20.2. The van der Waals surface area contributed by atoms with Gasteiger partial charge in [0.1, 0.15) is 5.82 Å². The Bertz CT molecular complexity index is 942. The Hall–Kier alpha value is -2.45. The summed E-state index contributed by atoms with van der Waals surface area (Å²) < 4.78 is 58.4. The molecule has 1 atom stereocenters. The van der Waals surface area contributed by atoms with Crippen molar-refractivity contribution in [2.24, 2.45) is 0 Å². The highest BCUT2D eigenvalue weighted by atomic mass is 19.4. The summed E-state index contributed by atoms with van der Waals surface area (Å²) >= 11 is 0. The molecule has 2 fully saturated rings. The number of ether oxygens (including phenoxy) is 1. The van der Waals surface area contributed by atoms with Crippen molar-refractivity contribution in [3.8, 4) is 0 Å². The molecular formula is C25H28F4N2O2. The van der Waals surface area contributed by atoms with Gasteiger partial charge in [-0.05, 0) is 48.7 Å². The minimum atomic E-state index is -4.37. The van der Waals surface area contributed by atoms with E-state index in [-0.39, 0.29) is 23.9 Å². The molecule has 0 aromatic heterocycles. The lowest BCUT2D eigenvalue weighted by molar-refractivity contribution is -0.137. The zero-order valence-corrected chi connectivity index (χ0v) is 18.4. The van der Waals surface area contributed by atoms with Crippen LogP contribution in [0.15, 0.2) is 48.5 Å². The zero-order chi connectivity index (χ0) is 23.4. The van der Waals surface area contributed by atoms with Crippen LogP contribution >= 0.6 is 0 Å². The molecule has 0 bridgehead atoms. The van der Waals surface area contributed by atoms with Crippen LogP contribution in [0.1, 0.15) is 47.2 Å². The number of hydrogen-bond acceptors (Lipinski definition) is 3. The van der Waals surface area contributed by atoms with Crippen LogP contribution in [0.25, 0.3) is 0 Å². The maximum absolute atomic E-state index is 13.3. The number of nitrogens with zero attached hydrogens (tertiary/aromatic N) is 2. The summed E-state index contributed by atoms with van der Waals surface area (Å²) in [6.45, 7) is 2.38. The van der Waals surface area contributed by atoms with E-state index in [1.807, 2.05) is 4.90 Å². The maximum Gasteiger partial charge on any atom is 0.416 e. The Morgan fingerprint density at radius 1 is 1.09 bits per heavy atom. The highest BCUT2D eigenvalue weighted by Gasteiger charge is 2.33. The molecule has 1 aliphatic carbocycles. The summed E-state index contributed by atoms with van der Waals surface area (Å²) in [5.74, 6) is -0.527. The third kappa shape index (κ3) is 6.12. The van der Waals surface area contributed by atoms with Crippen LogP contribution in [0, 0.1) is 5.82 Å². The second-order valence-electron chi connectivity index (χ2n) is 8.83. The first kappa shape index (κ1) is 23.7. The molecule has 2 aromatic rings. The Morgan fingerprint density at radius 2 is 1.82 bits per heavy atom. The predicted octanol–water partition coefficient (Wildman–Crippen LogP) is 5.13. The third-order valence-corrected chi connectivity index (χ3v) is 6.40. The van der Waals surface area contributed by atoms with Crippen molar-refractivity contribution >= 4 is 5.91 Å². The average molecular weight is 465 g/mol. The van der Waals surface area contributed by atoms with Crippen LogP contribution in [-0.4, -0.2) is 54.1 Å². The fourth-order valence-corrected chi connectivity index (χ4v) is 4.73. The number of carbonyl (C=O) groups is 1. The van der Waals surface area contributed by atoms with Crippen LogP contribution in [-0.2, 0) is 17.5 Å². The molecule has 0 N–H and O–H groups in total. The van der Waals surface area contributed by atoms with Gasteiger partial charge in [-0.25, -0.2) is 4.39 Å². The van der Waals surface area contributed by atoms with Gasteiger partial charge in [0.05, 0.1) is 18.3 Å². The van der Waals surface area contributed by atoms with Crippen LogP contribution in [0.5, 0.6) is 0 Å². The first-order valence-electron chi connectivity index (χ1n) is 11.4. The summed E-state index contributed by atoms with van der Waals surface area (Å²) in [6, 6.07) is 11.1. The van der Waals surface area contributed by atoms with Gasteiger partial charge in [0, 0.05) is 37.8 Å². The maximum atomic E-state index is 13.3. The van der Waals surface area contributed by atoms with E-state index in [0.29, 0.717) is 43.9 Å². The second kappa shape index (κ2) is 10.2. The Morgan fingerprint density at radius 3 is 2.52 bits per heavy atom. The Labute approximate surface area is 191 Å². The van der Waals surface area contributed by atoms with Gasteiger partial charge >= 0.3 is 6.18 Å². The lowest BCUT2D eigenvalue weighted by atomic mass is 10.1. The highest BCUT2D eigenvalue weighted by molar-refractivity contribution is 5.94. The molecule has 0 spiro atoms. The fourth-order valence-electron chi connectivity index (χ4n) is 4.73. The van der Waals surface area contributed by atoms with Crippen molar-refractivity contribution in [2.75, 3.05) is 26.2 Å². The molecule has 33 heavy (non-hydrogen) atoms.